The van der Waals surface area contributed by atoms with E-state index in [1.807, 2.05) is 57.2 Å². The molecule has 0 saturated heterocycles. The van der Waals surface area contributed by atoms with E-state index in [0.717, 1.165) is 22.4 Å². The maximum atomic E-state index is 10.0. The molecule has 92 valence electrons. The summed E-state index contributed by atoms with van der Waals surface area (Å²) in [4.78, 5) is 0. The van der Waals surface area contributed by atoms with Crippen molar-refractivity contribution < 1.29 is 5.11 Å². The molecule has 2 aromatic carbocycles. The highest BCUT2D eigenvalue weighted by molar-refractivity contribution is 5.62. The van der Waals surface area contributed by atoms with Crippen molar-refractivity contribution in [1.29, 1.82) is 0 Å². The van der Waals surface area contributed by atoms with Gasteiger partial charge in [-0.2, -0.15) is 5.11 Å². The average molecular weight is 240 g/mol. The van der Waals surface area contributed by atoms with Gasteiger partial charge in [0.2, 0.25) is 0 Å². The average Bonchev–Trinajstić information content (AvgIpc) is 2.38. The molecule has 0 aliphatic rings. The third kappa shape index (κ3) is 2.40. The molecule has 0 heterocycles. The summed E-state index contributed by atoms with van der Waals surface area (Å²) in [7, 11) is 0. The molecule has 0 radical (unpaired) electrons. The van der Waals surface area contributed by atoms with Gasteiger partial charge in [-0.25, -0.2) is 0 Å². The van der Waals surface area contributed by atoms with E-state index in [1.54, 1.807) is 0 Å². The molecule has 0 spiro atoms. The molecule has 0 atom stereocenters. The first kappa shape index (κ1) is 12.3. The lowest BCUT2D eigenvalue weighted by Gasteiger charge is -2.08. The minimum atomic E-state index is 0.206. The number of nitrogens with zero attached hydrogens (tertiary/aromatic N) is 2. The van der Waals surface area contributed by atoms with Crippen molar-refractivity contribution in [2.45, 2.75) is 20.8 Å². The molecular formula is C15H16N2O. The Labute approximate surface area is 107 Å². The molecule has 0 aliphatic heterocycles. The topological polar surface area (TPSA) is 45.0 Å². The van der Waals surface area contributed by atoms with Crippen LogP contribution in [0.3, 0.4) is 0 Å². The van der Waals surface area contributed by atoms with Gasteiger partial charge in [0.1, 0.15) is 11.4 Å². The van der Waals surface area contributed by atoms with Gasteiger partial charge in [0.25, 0.3) is 0 Å². The van der Waals surface area contributed by atoms with Crippen LogP contribution in [0.15, 0.2) is 46.6 Å². The Hall–Kier alpha value is -2.16. The first-order valence-electron chi connectivity index (χ1n) is 5.86. The molecule has 0 saturated carbocycles. The normalized spacial score (nSPS) is 11.1. The third-order valence-corrected chi connectivity index (χ3v) is 3.00. The largest absolute Gasteiger partial charge is 0.505 e. The van der Waals surface area contributed by atoms with Crippen molar-refractivity contribution in [2.24, 2.45) is 10.2 Å². The fourth-order valence-electron chi connectivity index (χ4n) is 1.78. The maximum Gasteiger partial charge on any atom is 0.146 e. The smallest absolute Gasteiger partial charge is 0.146 e. The quantitative estimate of drug-likeness (QED) is 0.757. The van der Waals surface area contributed by atoms with Crippen LogP contribution in [0.25, 0.3) is 0 Å². The van der Waals surface area contributed by atoms with Gasteiger partial charge in [-0.1, -0.05) is 24.3 Å². The summed E-state index contributed by atoms with van der Waals surface area (Å²) in [6.07, 6.45) is 0. The molecule has 0 aromatic heterocycles. The summed E-state index contributed by atoms with van der Waals surface area (Å²) in [6, 6.07) is 11.4. The minimum Gasteiger partial charge on any atom is -0.505 e. The maximum absolute atomic E-state index is 10.0. The van der Waals surface area contributed by atoms with Crippen LogP contribution in [0.4, 0.5) is 11.4 Å². The van der Waals surface area contributed by atoms with Crippen molar-refractivity contribution in [2.75, 3.05) is 0 Å². The zero-order chi connectivity index (χ0) is 13.1. The van der Waals surface area contributed by atoms with E-state index in [1.165, 1.54) is 0 Å². The number of phenolic OH excluding ortho intramolecular Hbond substituents is 1. The summed E-state index contributed by atoms with van der Waals surface area (Å²) < 4.78 is 0. The molecule has 0 unspecified atom stereocenters. The molecule has 0 aliphatic carbocycles. The van der Waals surface area contributed by atoms with E-state index < -0.39 is 0 Å². The molecule has 2 aromatic rings. The van der Waals surface area contributed by atoms with E-state index in [2.05, 4.69) is 10.2 Å². The Balaban J connectivity index is 2.44. The molecule has 0 amide bonds. The van der Waals surface area contributed by atoms with Crippen LogP contribution in [-0.2, 0) is 0 Å². The lowest BCUT2D eigenvalue weighted by molar-refractivity contribution is 0.471. The molecule has 2 rings (SSSR count). The van der Waals surface area contributed by atoms with E-state index in [0.29, 0.717) is 5.69 Å². The summed E-state index contributed by atoms with van der Waals surface area (Å²) >= 11 is 0. The Kier molecular flexibility index (Phi) is 3.42. The summed E-state index contributed by atoms with van der Waals surface area (Å²) in [6.45, 7) is 5.81. The van der Waals surface area contributed by atoms with Gasteiger partial charge < -0.3 is 5.11 Å². The minimum absolute atomic E-state index is 0.206. The van der Waals surface area contributed by atoms with Gasteiger partial charge in [0.15, 0.2) is 0 Å². The van der Waals surface area contributed by atoms with Crippen LogP contribution in [0.1, 0.15) is 16.7 Å². The first-order valence-corrected chi connectivity index (χ1v) is 5.86. The molecule has 3 heteroatoms. The van der Waals surface area contributed by atoms with Gasteiger partial charge in [-0.05, 0) is 49.6 Å². The summed E-state index contributed by atoms with van der Waals surface area (Å²) in [5, 5.41) is 18.3. The van der Waals surface area contributed by atoms with E-state index >= 15 is 0 Å². The number of rotatable bonds is 2. The molecule has 1 N–H and O–H groups in total. The van der Waals surface area contributed by atoms with Gasteiger partial charge in [0, 0.05) is 0 Å². The van der Waals surface area contributed by atoms with E-state index in [-0.39, 0.29) is 5.75 Å². The van der Waals surface area contributed by atoms with Gasteiger partial charge in [0.05, 0.1) is 5.69 Å². The van der Waals surface area contributed by atoms with Crippen molar-refractivity contribution in [3.63, 3.8) is 0 Å². The molecule has 3 nitrogen and oxygen atoms in total. The fraction of sp³-hybridized carbons (Fsp3) is 0.200. The fourth-order valence-corrected chi connectivity index (χ4v) is 1.78. The van der Waals surface area contributed by atoms with Crippen LogP contribution in [0, 0.1) is 20.8 Å². The highest BCUT2D eigenvalue weighted by Gasteiger charge is 2.10. The van der Waals surface area contributed by atoms with Crippen molar-refractivity contribution in [3.8, 4) is 5.75 Å². The van der Waals surface area contributed by atoms with E-state index in [4.69, 9.17) is 0 Å². The SMILES string of the molecule is Cc1cc(C)c(O)c(N=Nc2ccccc2)c1C. The predicted molar refractivity (Wildman–Crippen MR) is 72.9 cm³/mol. The van der Waals surface area contributed by atoms with Gasteiger partial charge in [-0.3, -0.25) is 0 Å². The second-order valence-corrected chi connectivity index (χ2v) is 4.37. The van der Waals surface area contributed by atoms with Crippen molar-refractivity contribution in [3.05, 3.63) is 53.1 Å². The second kappa shape index (κ2) is 5.00. The zero-order valence-corrected chi connectivity index (χ0v) is 10.8. The Morgan fingerprint density at radius 1 is 0.889 bits per heavy atom. The van der Waals surface area contributed by atoms with Crippen molar-refractivity contribution >= 4 is 11.4 Å². The van der Waals surface area contributed by atoms with Crippen LogP contribution >= 0.6 is 0 Å². The number of hydrogen-bond donors (Lipinski definition) is 1. The number of hydrogen-bond acceptors (Lipinski definition) is 3. The lowest BCUT2D eigenvalue weighted by atomic mass is 10.0. The lowest BCUT2D eigenvalue weighted by Crippen LogP contribution is -1.85. The number of benzene rings is 2. The Morgan fingerprint density at radius 2 is 1.56 bits per heavy atom. The predicted octanol–water partition coefficient (Wildman–Crippen LogP) is 4.73. The number of aryl methyl sites for hydroxylation is 2. The Morgan fingerprint density at radius 3 is 2.22 bits per heavy atom. The highest BCUT2D eigenvalue weighted by Crippen LogP contribution is 2.36. The number of azo groups is 1. The summed E-state index contributed by atoms with van der Waals surface area (Å²) in [5.74, 6) is 0.206. The third-order valence-electron chi connectivity index (χ3n) is 3.00. The zero-order valence-electron chi connectivity index (χ0n) is 10.8. The molecular weight excluding hydrogens is 224 g/mol. The molecule has 0 bridgehead atoms. The van der Waals surface area contributed by atoms with Crippen LogP contribution in [0.5, 0.6) is 5.75 Å². The number of aromatic hydroxyl groups is 1. The standard InChI is InChI=1S/C15H16N2O/c1-10-9-11(2)15(18)14(12(10)3)17-16-13-7-5-4-6-8-13/h4-9,18H,1-3H3. The van der Waals surface area contributed by atoms with Crippen LogP contribution in [0.2, 0.25) is 0 Å². The van der Waals surface area contributed by atoms with Gasteiger partial charge >= 0.3 is 0 Å². The van der Waals surface area contributed by atoms with Crippen LogP contribution < -0.4 is 0 Å². The summed E-state index contributed by atoms with van der Waals surface area (Å²) in [5.41, 5.74) is 4.21. The number of phenols is 1. The molecule has 0 fully saturated rings. The monoisotopic (exact) mass is 240 g/mol. The van der Waals surface area contributed by atoms with Crippen molar-refractivity contribution in [1.82, 2.24) is 0 Å². The van der Waals surface area contributed by atoms with Gasteiger partial charge in [-0.15, -0.1) is 5.11 Å². The Bertz CT molecular complexity index is 563. The van der Waals surface area contributed by atoms with E-state index in [9.17, 15) is 5.11 Å². The second-order valence-electron chi connectivity index (χ2n) is 4.37. The van der Waals surface area contributed by atoms with Crippen LogP contribution in [-0.4, -0.2) is 5.11 Å². The molecule has 18 heavy (non-hydrogen) atoms. The first-order chi connectivity index (χ1) is 8.59. The highest BCUT2D eigenvalue weighted by atomic mass is 16.3.